The molecule has 3 aliphatic rings. The molecule has 3 saturated heterocycles. The van der Waals surface area contributed by atoms with Gasteiger partial charge in [0, 0.05) is 87.8 Å². The molecule has 4 heterocycles. The van der Waals surface area contributed by atoms with Crippen LogP contribution in [0.15, 0.2) is 48.8 Å². The van der Waals surface area contributed by atoms with Gasteiger partial charge in [-0.25, -0.2) is 9.97 Å². The maximum atomic E-state index is 10.9. The summed E-state index contributed by atoms with van der Waals surface area (Å²) in [6, 6.07) is 15.1. The van der Waals surface area contributed by atoms with E-state index in [1.165, 1.54) is 16.8 Å². The number of carbonyl (C=O) groups excluding carboxylic acids is 1. The maximum Gasteiger partial charge on any atom is 0.209 e. The van der Waals surface area contributed by atoms with Crippen molar-refractivity contribution in [1.29, 1.82) is 0 Å². The summed E-state index contributed by atoms with van der Waals surface area (Å²) in [5.74, 6) is 0.407. The molecule has 39 heavy (non-hydrogen) atoms. The number of rotatable bonds is 5. The predicted octanol–water partition coefficient (Wildman–Crippen LogP) is 3.28. The Kier molecular flexibility index (Phi) is 9.11. The van der Waals surface area contributed by atoms with Gasteiger partial charge in [0.05, 0.1) is 24.4 Å². The number of nitrogens with one attached hydrogen (secondary N) is 1. The van der Waals surface area contributed by atoms with Crippen LogP contribution in [0.3, 0.4) is 0 Å². The van der Waals surface area contributed by atoms with Gasteiger partial charge in [-0.3, -0.25) is 4.79 Å². The third-order valence-corrected chi connectivity index (χ3v) is 8.12. The van der Waals surface area contributed by atoms with Crippen LogP contribution >= 0.6 is 0 Å². The standard InChI is InChI=1S/C19H25N5O.C11H16N2O/c1-22-8-10-24(11-9-22)16-2-3-18-17(12-16)19(21-13-20-18)15-4-6-23(14-25)7-5-15;1-12-10-2-4-11(5-3-10)13-6-8-14-9-7-13/h2-3,12-15H,4-11H2,1H3;2-5,12H,6-9H2,1H3. The maximum absolute atomic E-state index is 10.9. The van der Waals surface area contributed by atoms with Crippen molar-refractivity contribution in [3.63, 3.8) is 0 Å². The van der Waals surface area contributed by atoms with Crippen molar-refractivity contribution in [2.24, 2.45) is 0 Å². The van der Waals surface area contributed by atoms with E-state index in [2.05, 4.69) is 79.5 Å². The lowest BCUT2D eigenvalue weighted by atomic mass is 9.91. The van der Waals surface area contributed by atoms with Gasteiger partial charge in [0.1, 0.15) is 6.33 Å². The molecule has 0 unspecified atom stereocenters. The number of carbonyl (C=O) groups is 1. The van der Waals surface area contributed by atoms with E-state index in [-0.39, 0.29) is 0 Å². The smallest absolute Gasteiger partial charge is 0.209 e. The fraction of sp³-hybridized carbons (Fsp3) is 0.500. The molecule has 1 N–H and O–H groups in total. The number of ether oxygens (including phenoxy) is 1. The van der Waals surface area contributed by atoms with Gasteiger partial charge < -0.3 is 29.7 Å². The first-order valence-electron chi connectivity index (χ1n) is 14.1. The van der Waals surface area contributed by atoms with Crippen molar-refractivity contribution >= 4 is 34.4 Å². The SMILES string of the molecule is CN1CCN(c2ccc3ncnc(C4CCN(C=O)CC4)c3c2)CC1.CNc1ccc(N2CCOCC2)cc1. The Labute approximate surface area is 231 Å². The topological polar surface area (TPSA) is 77.1 Å². The summed E-state index contributed by atoms with van der Waals surface area (Å²) < 4.78 is 5.31. The minimum Gasteiger partial charge on any atom is -0.388 e. The molecule has 0 aliphatic carbocycles. The summed E-state index contributed by atoms with van der Waals surface area (Å²) in [6.45, 7) is 9.63. The van der Waals surface area contributed by atoms with Crippen LogP contribution in [0.5, 0.6) is 0 Å². The number of piperidine rings is 1. The number of likely N-dealkylation sites (tertiary alicyclic amines) is 1. The van der Waals surface area contributed by atoms with E-state index in [0.717, 1.165) is 102 Å². The molecule has 9 heteroatoms. The molecule has 0 radical (unpaired) electrons. The minimum absolute atomic E-state index is 0.407. The van der Waals surface area contributed by atoms with E-state index in [0.29, 0.717) is 5.92 Å². The van der Waals surface area contributed by atoms with Crippen LogP contribution in [-0.4, -0.2) is 106 Å². The first-order valence-corrected chi connectivity index (χ1v) is 14.1. The highest BCUT2D eigenvalue weighted by Crippen LogP contribution is 2.32. The third-order valence-electron chi connectivity index (χ3n) is 8.12. The quantitative estimate of drug-likeness (QED) is 0.503. The molecule has 3 aliphatic heterocycles. The second-order valence-electron chi connectivity index (χ2n) is 10.6. The number of aromatic nitrogens is 2. The van der Waals surface area contributed by atoms with Gasteiger partial charge in [-0.2, -0.15) is 0 Å². The molecule has 0 saturated carbocycles. The lowest BCUT2D eigenvalue weighted by Gasteiger charge is -2.34. The lowest BCUT2D eigenvalue weighted by Crippen LogP contribution is -2.44. The van der Waals surface area contributed by atoms with Crippen LogP contribution in [0.1, 0.15) is 24.5 Å². The van der Waals surface area contributed by atoms with Crippen LogP contribution in [0, 0.1) is 0 Å². The molecule has 3 aromatic rings. The molecule has 6 rings (SSSR count). The predicted molar refractivity (Wildman–Crippen MR) is 158 cm³/mol. The molecule has 3 fully saturated rings. The molecule has 208 valence electrons. The number of morpholine rings is 1. The second-order valence-corrected chi connectivity index (χ2v) is 10.6. The zero-order chi connectivity index (χ0) is 27.0. The average Bonchev–Trinajstić information content (AvgIpc) is 3.02. The van der Waals surface area contributed by atoms with Gasteiger partial charge >= 0.3 is 0 Å². The van der Waals surface area contributed by atoms with Crippen molar-refractivity contribution in [3.8, 4) is 0 Å². The molecule has 0 atom stereocenters. The number of hydrogen-bond acceptors (Lipinski definition) is 8. The third kappa shape index (κ3) is 6.78. The Balaban J connectivity index is 0.000000186. The highest BCUT2D eigenvalue weighted by molar-refractivity contribution is 5.85. The average molecular weight is 532 g/mol. The Morgan fingerprint density at radius 1 is 0.846 bits per heavy atom. The lowest BCUT2D eigenvalue weighted by molar-refractivity contribution is -0.119. The van der Waals surface area contributed by atoms with Gasteiger partial charge in [0.15, 0.2) is 0 Å². The first-order chi connectivity index (χ1) is 19.1. The number of amides is 1. The summed E-state index contributed by atoms with van der Waals surface area (Å²) in [6.07, 6.45) is 4.59. The van der Waals surface area contributed by atoms with Gasteiger partial charge in [-0.05, 0) is 62.4 Å². The minimum atomic E-state index is 0.407. The van der Waals surface area contributed by atoms with E-state index in [1.54, 1.807) is 6.33 Å². The fourth-order valence-electron chi connectivity index (χ4n) is 5.59. The number of fused-ring (bicyclic) bond motifs is 1. The van der Waals surface area contributed by atoms with Gasteiger partial charge in [0.25, 0.3) is 0 Å². The molecule has 9 nitrogen and oxygen atoms in total. The zero-order valence-corrected chi connectivity index (χ0v) is 23.3. The summed E-state index contributed by atoms with van der Waals surface area (Å²) in [5, 5.41) is 4.28. The largest absolute Gasteiger partial charge is 0.388 e. The number of anilines is 3. The number of hydrogen-bond donors (Lipinski definition) is 1. The number of likely N-dealkylation sites (N-methyl/N-ethyl adjacent to an activating group) is 1. The van der Waals surface area contributed by atoms with Crippen LogP contribution in [0.2, 0.25) is 0 Å². The van der Waals surface area contributed by atoms with Crippen molar-refractivity contribution in [2.75, 3.05) is 94.8 Å². The van der Waals surface area contributed by atoms with Gasteiger partial charge in [0.2, 0.25) is 6.41 Å². The number of piperazine rings is 1. The second kappa shape index (κ2) is 13.1. The summed E-state index contributed by atoms with van der Waals surface area (Å²) in [5.41, 5.74) is 5.86. The van der Waals surface area contributed by atoms with E-state index in [4.69, 9.17) is 4.74 Å². The molecule has 1 aromatic heterocycles. The molecular weight excluding hydrogens is 490 g/mol. The van der Waals surface area contributed by atoms with Crippen molar-refractivity contribution in [3.05, 3.63) is 54.5 Å². The Morgan fingerprint density at radius 2 is 1.51 bits per heavy atom. The molecule has 2 aromatic carbocycles. The van der Waals surface area contributed by atoms with Crippen LogP contribution in [0.25, 0.3) is 10.9 Å². The number of nitrogens with zero attached hydrogens (tertiary/aromatic N) is 6. The van der Waals surface area contributed by atoms with Crippen LogP contribution in [-0.2, 0) is 9.53 Å². The van der Waals surface area contributed by atoms with Crippen molar-refractivity contribution < 1.29 is 9.53 Å². The highest BCUT2D eigenvalue weighted by atomic mass is 16.5. The normalized spacial score (nSPS) is 19.0. The van der Waals surface area contributed by atoms with E-state index in [9.17, 15) is 4.79 Å². The summed E-state index contributed by atoms with van der Waals surface area (Å²) in [7, 11) is 4.11. The van der Waals surface area contributed by atoms with Crippen molar-refractivity contribution in [2.45, 2.75) is 18.8 Å². The Morgan fingerprint density at radius 3 is 2.18 bits per heavy atom. The number of benzene rings is 2. The van der Waals surface area contributed by atoms with E-state index in [1.807, 2.05) is 11.9 Å². The van der Waals surface area contributed by atoms with Crippen molar-refractivity contribution in [1.82, 2.24) is 19.8 Å². The summed E-state index contributed by atoms with van der Waals surface area (Å²) >= 11 is 0. The van der Waals surface area contributed by atoms with Crippen LogP contribution in [0.4, 0.5) is 17.1 Å². The monoisotopic (exact) mass is 531 g/mol. The molecule has 0 spiro atoms. The zero-order valence-electron chi connectivity index (χ0n) is 23.3. The molecule has 0 bridgehead atoms. The van der Waals surface area contributed by atoms with Gasteiger partial charge in [-0.15, -0.1) is 0 Å². The highest BCUT2D eigenvalue weighted by Gasteiger charge is 2.23. The van der Waals surface area contributed by atoms with E-state index < -0.39 is 0 Å². The molecular formula is C30H41N7O2. The van der Waals surface area contributed by atoms with E-state index >= 15 is 0 Å². The van der Waals surface area contributed by atoms with Crippen LogP contribution < -0.4 is 15.1 Å². The van der Waals surface area contributed by atoms with Gasteiger partial charge in [-0.1, -0.05) is 0 Å². The first kappa shape index (κ1) is 27.1. The Hall–Kier alpha value is -3.43. The Bertz CT molecular complexity index is 1200. The molecule has 1 amide bonds. The summed E-state index contributed by atoms with van der Waals surface area (Å²) in [4.78, 5) is 29.1. The fourth-order valence-corrected chi connectivity index (χ4v) is 5.59.